The van der Waals surface area contributed by atoms with Crippen molar-refractivity contribution in [3.8, 4) is 0 Å². The zero-order valence-corrected chi connectivity index (χ0v) is 14.6. The molecule has 1 aromatic carbocycles. The van der Waals surface area contributed by atoms with Crippen molar-refractivity contribution >= 4 is 23.2 Å². The summed E-state index contributed by atoms with van der Waals surface area (Å²) < 4.78 is 5.32. The van der Waals surface area contributed by atoms with E-state index in [0.29, 0.717) is 6.54 Å². The van der Waals surface area contributed by atoms with Crippen LogP contribution in [-0.4, -0.2) is 38.6 Å². The van der Waals surface area contributed by atoms with E-state index in [9.17, 15) is 4.79 Å². The second-order valence-corrected chi connectivity index (χ2v) is 6.63. The van der Waals surface area contributed by atoms with Gasteiger partial charge in [-0.15, -0.1) is 0 Å². The number of benzene rings is 1. The van der Waals surface area contributed by atoms with Crippen LogP contribution in [0.25, 0.3) is 0 Å². The number of rotatable bonds is 5. The maximum absolute atomic E-state index is 12.2. The van der Waals surface area contributed by atoms with E-state index in [1.54, 1.807) is 6.26 Å². The number of carbonyl (C=O) groups excluding carboxylic acids is 1. The molecule has 2 N–H and O–H groups in total. The van der Waals surface area contributed by atoms with Crippen molar-refractivity contribution in [3.63, 3.8) is 0 Å². The van der Waals surface area contributed by atoms with Gasteiger partial charge in [0.25, 0.3) is 5.91 Å². The van der Waals surface area contributed by atoms with Crippen LogP contribution in [0, 0.1) is 0 Å². The number of quaternary nitrogens is 1. The molecule has 0 bridgehead atoms. The molecule has 0 saturated carbocycles. The second-order valence-electron chi connectivity index (χ2n) is 6.20. The van der Waals surface area contributed by atoms with E-state index in [-0.39, 0.29) is 11.9 Å². The molecule has 3 rings (SSSR count). The standard InChI is InChI=1S/C18H22ClN3O2/c1-14(17-6-3-11-24-17)20-18(23)13-21-7-9-22(10-8-21)16-5-2-4-15(19)12-16/h2-6,11-12,14H,7-10,13H2,1H3,(H,20,23)/p+1/t14-/m1/s1. The minimum Gasteiger partial charge on any atom is -0.467 e. The lowest BCUT2D eigenvalue weighted by Gasteiger charge is -2.33. The van der Waals surface area contributed by atoms with Crippen LogP contribution in [0.15, 0.2) is 47.1 Å². The summed E-state index contributed by atoms with van der Waals surface area (Å²) in [5.74, 6) is 0.842. The van der Waals surface area contributed by atoms with Crippen molar-refractivity contribution in [1.29, 1.82) is 0 Å². The highest BCUT2D eigenvalue weighted by Crippen LogP contribution is 2.19. The molecular formula is C18H23ClN3O2+. The highest BCUT2D eigenvalue weighted by molar-refractivity contribution is 6.30. The van der Waals surface area contributed by atoms with E-state index < -0.39 is 0 Å². The third-order valence-corrected chi connectivity index (χ3v) is 4.64. The Kier molecular flexibility index (Phi) is 5.43. The monoisotopic (exact) mass is 348 g/mol. The normalized spacial score (nSPS) is 16.8. The number of halogens is 1. The lowest BCUT2D eigenvalue weighted by atomic mass is 10.2. The minimum atomic E-state index is -0.0975. The largest absolute Gasteiger partial charge is 0.467 e. The predicted octanol–water partition coefficient (Wildman–Crippen LogP) is 1.52. The zero-order valence-electron chi connectivity index (χ0n) is 13.8. The average Bonchev–Trinajstić information content (AvgIpc) is 3.10. The van der Waals surface area contributed by atoms with Crippen LogP contribution in [0.1, 0.15) is 18.7 Å². The number of furan rings is 1. The summed E-state index contributed by atoms with van der Waals surface area (Å²) >= 11 is 6.06. The van der Waals surface area contributed by atoms with Crippen molar-refractivity contribution in [2.24, 2.45) is 0 Å². The van der Waals surface area contributed by atoms with Gasteiger partial charge in [0.1, 0.15) is 5.76 Å². The van der Waals surface area contributed by atoms with Crippen LogP contribution < -0.4 is 15.1 Å². The lowest BCUT2D eigenvalue weighted by molar-refractivity contribution is -0.892. The highest BCUT2D eigenvalue weighted by Gasteiger charge is 2.23. The number of carbonyl (C=O) groups is 1. The molecule has 6 heteroatoms. The predicted molar refractivity (Wildman–Crippen MR) is 94.5 cm³/mol. The Morgan fingerprint density at radius 1 is 1.33 bits per heavy atom. The summed E-state index contributed by atoms with van der Waals surface area (Å²) in [5.41, 5.74) is 1.15. The van der Waals surface area contributed by atoms with Gasteiger partial charge in [-0.05, 0) is 37.3 Å². The van der Waals surface area contributed by atoms with Crippen molar-refractivity contribution in [2.45, 2.75) is 13.0 Å². The molecule has 1 saturated heterocycles. The van der Waals surface area contributed by atoms with Crippen molar-refractivity contribution in [1.82, 2.24) is 5.32 Å². The van der Waals surface area contributed by atoms with Gasteiger partial charge in [-0.3, -0.25) is 4.79 Å². The van der Waals surface area contributed by atoms with Gasteiger partial charge in [0.2, 0.25) is 0 Å². The van der Waals surface area contributed by atoms with Gasteiger partial charge in [0.15, 0.2) is 6.54 Å². The number of amides is 1. The topological polar surface area (TPSA) is 49.9 Å². The molecule has 0 aliphatic carbocycles. The summed E-state index contributed by atoms with van der Waals surface area (Å²) in [7, 11) is 0. The van der Waals surface area contributed by atoms with Gasteiger partial charge in [-0.2, -0.15) is 0 Å². The number of anilines is 1. The van der Waals surface area contributed by atoms with Crippen LogP contribution in [0.2, 0.25) is 5.02 Å². The first-order valence-corrected chi connectivity index (χ1v) is 8.66. The fourth-order valence-electron chi connectivity index (χ4n) is 3.06. The Morgan fingerprint density at radius 3 is 2.79 bits per heavy atom. The van der Waals surface area contributed by atoms with Crippen LogP contribution in [0.4, 0.5) is 5.69 Å². The maximum atomic E-state index is 12.2. The van der Waals surface area contributed by atoms with Crippen molar-refractivity contribution in [3.05, 3.63) is 53.4 Å². The van der Waals surface area contributed by atoms with E-state index in [4.69, 9.17) is 16.0 Å². The maximum Gasteiger partial charge on any atom is 0.275 e. The summed E-state index contributed by atoms with van der Waals surface area (Å²) in [4.78, 5) is 15.8. The smallest absolute Gasteiger partial charge is 0.275 e. The number of nitrogens with zero attached hydrogens (tertiary/aromatic N) is 1. The molecule has 1 atom stereocenters. The zero-order chi connectivity index (χ0) is 16.9. The van der Waals surface area contributed by atoms with Gasteiger partial charge in [0, 0.05) is 10.7 Å². The van der Waals surface area contributed by atoms with Crippen LogP contribution in [0.3, 0.4) is 0 Å². The number of nitrogens with one attached hydrogen (secondary N) is 2. The first-order valence-electron chi connectivity index (χ1n) is 8.28. The first kappa shape index (κ1) is 16.9. The molecule has 1 fully saturated rings. The Balaban J connectivity index is 1.46. The summed E-state index contributed by atoms with van der Waals surface area (Å²) in [5, 5.41) is 3.75. The second kappa shape index (κ2) is 7.73. The molecule has 2 aromatic rings. The van der Waals surface area contributed by atoms with E-state index >= 15 is 0 Å². The van der Waals surface area contributed by atoms with Crippen LogP contribution >= 0.6 is 11.6 Å². The summed E-state index contributed by atoms with van der Waals surface area (Å²) in [6, 6.07) is 11.5. The van der Waals surface area contributed by atoms with Gasteiger partial charge >= 0.3 is 0 Å². The fourth-order valence-corrected chi connectivity index (χ4v) is 3.24. The molecule has 2 heterocycles. The van der Waals surface area contributed by atoms with Crippen LogP contribution in [0.5, 0.6) is 0 Å². The molecular weight excluding hydrogens is 326 g/mol. The van der Waals surface area contributed by atoms with Gasteiger partial charge in [0.05, 0.1) is 38.5 Å². The number of piperazine rings is 1. The molecule has 0 spiro atoms. The number of hydrogen-bond donors (Lipinski definition) is 2. The molecule has 0 unspecified atom stereocenters. The van der Waals surface area contributed by atoms with E-state index in [0.717, 1.165) is 42.6 Å². The SMILES string of the molecule is C[C@@H](NC(=O)C[NH+]1CCN(c2cccc(Cl)c2)CC1)c1ccco1. The molecule has 24 heavy (non-hydrogen) atoms. The minimum absolute atomic E-state index is 0.0603. The quantitative estimate of drug-likeness (QED) is 0.861. The molecule has 0 radical (unpaired) electrons. The fraction of sp³-hybridized carbons (Fsp3) is 0.389. The molecule has 1 aromatic heterocycles. The van der Waals surface area contributed by atoms with Gasteiger partial charge < -0.3 is 19.5 Å². The molecule has 5 nitrogen and oxygen atoms in total. The average molecular weight is 349 g/mol. The molecule has 1 aliphatic heterocycles. The van der Waals surface area contributed by atoms with Gasteiger partial charge in [-0.25, -0.2) is 0 Å². The van der Waals surface area contributed by atoms with E-state index in [1.807, 2.05) is 37.3 Å². The van der Waals surface area contributed by atoms with E-state index in [2.05, 4.69) is 16.3 Å². The third-order valence-electron chi connectivity index (χ3n) is 4.40. The third kappa shape index (κ3) is 4.30. The van der Waals surface area contributed by atoms with Crippen molar-refractivity contribution in [2.75, 3.05) is 37.6 Å². The van der Waals surface area contributed by atoms with Crippen molar-refractivity contribution < 1.29 is 14.1 Å². The van der Waals surface area contributed by atoms with Gasteiger partial charge in [-0.1, -0.05) is 17.7 Å². The summed E-state index contributed by atoms with van der Waals surface area (Å²) in [6.45, 7) is 6.16. The summed E-state index contributed by atoms with van der Waals surface area (Å²) in [6.07, 6.45) is 1.62. The Labute approximate surface area is 147 Å². The lowest BCUT2D eigenvalue weighted by Crippen LogP contribution is -3.15. The Morgan fingerprint density at radius 2 is 2.12 bits per heavy atom. The number of hydrogen-bond acceptors (Lipinski definition) is 3. The van der Waals surface area contributed by atoms with Crippen LogP contribution in [-0.2, 0) is 4.79 Å². The Hall–Kier alpha value is -1.98. The molecule has 1 aliphatic rings. The molecule has 128 valence electrons. The first-order chi connectivity index (χ1) is 11.6. The van der Waals surface area contributed by atoms with E-state index in [1.165, 1.54) is 4.90 Å². The Bertz CT molecular complexity index is 667. The molecule has 1 amide bonds. The highest BCUT2D eigenvalue weighted by atomic mass is 35.5.